The van der Waals surface area contributed by atoms with Crippen LogP contribution in [-0.4, -0.2) is 29.1 Å². The Kier molecular flexibility index (Phi) is 3.46. The monoisotopic (exact) mass is 277 g/mol. The van der Waals surface area contributed by atoms with Crippen LogP contribution in [0.1, 0.15) is 36.5 Å². The van der Waals surface area contributed by atoms with Crippen LogP contribution < -0.4 is 10.1 Å². The molecule has 5 nitrogen and oxygen atoms in total. The van der Waals surface area contributed by atoms with E-state index in [2.05, 4.69) is 5.32 Å². The molecule has 20 heavy (non-hydrogen) atoms. The molecule has 1 aliphatic heterocycles. The first kappa shape index (κ1) is 14.4. The summed E-state index contributed by atoms with van der Waals surface area (Å²) in [5.41, 5.74) is 1.73. The Morgan fingerprint density at radius 2 is 1.90 bits per heavy atom. The van der Waals surface area contributed by atoms with Crippen molar-refractivity contribution >= 4 is 11.9 Å². The average Bonchev–Trinajstić information content (AvgIpc) is 2.72. The number of amides is 1. The van der Waals surface area contributed by atoms with Gasteiger partial charge in [-0.3, -0.25) is 4.79 Å². The molecule has 0 aromatic heterocycles. The Morgan fingerprint density at radius 1 is 1.30 bits per heavy atom. The van der Waals surface area contributed by atoms with Crippen molar-refractivity contribution in [1.82, 2.24) is 5.32 Å². The van der Waals surface area contributed by atoms with Crippen LogP contribution in [0.4, 0.5) is 0 Å². The lowest BCUT2D eigenvalue weighted by molar-refractivity contribution is -0.146. The molecule has 1 amide bonds. The molecule has 2 rings (SSSR count). The zero-order valence-corrected chi connectivity index (χ0v) is 12.1. The summed E-state index contributed by atoms with van der Waals surface area (Å²) >= 11 is 0. The second-order valence-electron chi connectivity index (χ2n) is 5.76. The molecule has 0 aliphatic carbocycles. The van der Waals surface area contributed by atoms with Gasteiger partial charge in [-0.15, -0.1) is 0 Å². The van der Waals surface area contributed by atoms with E-state index in [1.54, 1.807) is 0 Å². The second kappa shape index (κ2) is 4.81. The van der Waals surface area contributed by atoms with Gasteiger partial charge in [0.15, 0.2) is 0 Å². The number of hydrogen-bond acceptors (Lipinski definition) is 3. The van der Waals surface area contributed by atoms with Crippen molar-refractivity contribution in [1.29, 1.82) is 0 Å². The maximum Gasteiger partial charge on any atom is 0.328 e. The van der Waals surface area contributed by atoms with Gasteiger partial charge in [-0.25, -0.2) is 4.79 Å². The van der Waals surface area contributed by atoms with Gasteiger partial charge < -0.3 is 15.2 Å². The molecule has 1 aliphatic rings. The molecule has 5 heteroatoms. The summed E-state index contributed by atoms with van der Waals surface area (Å²) in [6.45, 7) is 7.14. The first-order valence-electron chi connectivity index (χ1n) is 6.51. The van der Waals surface area contributed by atoms with Crippen LogP contribution in [0, 0.1) is 13.8 Å². The number of carbonyl (C=O) groups is 2. The predicted octanol–water partition coefficient (Wildman–Crippen LogP) is 1.76. The molecule has 1 heterocycles. The minimum atomic E-state index is -1.29. The Morgan fingerprint density at radius 3 is 2.50 bits per heavy atom. The lowest BCUT2D eigenvalue weighted by Gasteiger charge is -2.23. The maximum absolute atomic E-state index is 12.3. The van der Waals surface area contributed by atoms with Crippen LogP contribution in [0.5, 0.6) is 5.75 Å². The lowest BCUT2D eigenvalue weighted by atomic mass is 9.95. The smallest absolute Gasteiger partial charge is 0.328 e. The highest BCUT2D eigenvalue weighted by molar-refractivity contribution is 5.91. The third kappa shape index (κ3) is 2.48. The van der Waals surface area contributed by atoms with Crippen LogP contribution >= 0.6 is 0 Å². The number of hydrogen-bond donors (Lipinski definition) is 2. The topological polar surface area (TPSA) is 75.6 Å². The van der Waals surface area contributed by atoms with Crippen molar-refractivity contribution in [2.24, 2.45) is 0 Å². The van der Waals surface area contributed by atoms with E-state index in [1.807, 2.05) is 26.0 Å². The summed E-state index contributed by atoms with van der Waals surface area (Å²) in [4.78, 5) is 23.3. The molecule has 1 aromatic carbocycles. The number of carbonyl (C=O) groups excluding carboxylic acids is 1. The summed E-state index contributed by atoms with van der Waals surface area (Å²) in [5, 5.41) is 11.6. The van der Waals surface area contributed by atoms with Crippen LogP contribution in [0.3, 0.4) is 0 Å². The first-order valence-corrected chi connectivity index (χ1v) is 6.51. The van der Waals surface area contributed by atoms with Gasteiger partial charge in [-0.2, -0.15) is 0 Å². The average molecular weight is 277 g/mol. The molecule has 2 N–H and O–H groups in total. The van der Waals surface area contributed by atoms with Crippen LogP contribution in [0.2, 0.25) is 0 Å². The molecule has 0 radical (unpaired) electrons. The van der Waals surface area contributed by atoms with Crippen molar-refractivity contribution in [3.63, 3.8) is 0 Å². The molecule has 0 bridgehead atoms. The van der Waals surface area contributed by atoms with E-state index >= 15 is 0 Å². The lowest BCUT2D eigenvalue weighted by Crippen LogP contribution is -2.51. The molecule has 1 aromatic rings. The highest BCUT2D eigenvalue weighted by atomic mass is 16.5. The third-order valence-electron chi connectivity index (χ3n) is 3.69. The summed E-state index contributed by atoms with van der Waals surface area (Å²) in [7, 11) is 0. The van der Waals surface area contributed by atoms with Gasteiger partial charge in [0.25, 0.3) is 0 Å². The third-order valence-corrected chi connectivity index (χ3v) is 3.69. The second-order valence-corrected chi connectivity index (χ2v) is 5.76. The SMILES string of the molecule is Cc1cc2c(cc1C)C(C(=O)NC(C)(C)C(=O)O)CO2. The summed E-state index contributed by atoms with van der Waals surface area (Å²) in [6.07, 6.45) is 0. The highest BCUT2D eigenvalue weighted by Gasteiger charge is 2.36. The van der Waals surface area contributed by atoms with E-state index in [9.17, 15) is 9.59 Å². The van der Waals surface area contributed by atoms with Gasteiger partial charge in [0, 0.05) is 5.56 Å². The summed E-state index contributed by atoms with van der Waals surface area (Å²) in [6, 6.07) is 3.86. The molecule has 1 unspecified atom stereocenters. The standard InChI is InChI=1S/C15H19NO4/c1-8-5-10-11(7-20-12(10)6-9(8)2)13(17)16-15(3,4)14(18)19/h5-6,11H,7H2,1-4H3,(H,16,17)(H,18,19). The fraction of sp³-hybridized carbons (Fsp3) is 0.467. The van der Waals surface area contributed by atoms with Crippen molar-refractivity contribution < 1.29 is 19.4 Å². The van der Waals surface area contributed by atoms with E-state index in [1.165, 1.54) is 13.8 Å². The van der Waals surface area contributed by atoms with Crippen molar-refractivity contribution in [2.75, 3.05) is 6.61 Å². The number of carboxylic acids is 1. The van der Waals surface area contributed by atoms with Gasteiger partial charge >= 0.3 is 5.97 Å². The molecule has 0 fully saturated rings. The fourth-order valence-electron chi connectivity index (χ4n) is 2.14. The first-order chi connectivity index (χ1) is 9.22. The molecule has 0 spiro atoms. The summed E-state index contributed by atoms with van der Waals surface area (Å²) < 4.78 is 5.53. The zero-order valence-electron chi connectivity index (χ0n) is 12.1. The number of fused-ring (bicyclic) bond motifs is 1. The zero-order chi connectivity index (χ0) is 15.1. The number of carboxylic acid groups (broad SMARTS) is 1. The van der Waals surface area contributed by atoms with Crippen LogP contribution in [0.25, 0.3) is 0 Å². The van der Waals surface area contributed by atoms with Gasteiger partial charge in [0.2, 0.25) is 5.91 Å². The number of rotatable bonds is 3. The minimum Gasteiger partial charge on any atom is -0.492 e. The number of ether oxygens (including phenoxy) is 1. The number of benzene rings is 1. The molecule has 108 valence electrons. The number of nitrogens with one attached hydrogen (secondary N) is 1. The van der Waals surface area contributed by atoms with Crippen molar-refractivity contribution in [3.8, 4) is 5.75 Å². The predicted molar refractivity (Wildman–Crippen MR) is 74.0 cm³/mol. The molecular formula is C15H19NO4. The van der Waals surface area contributed by atoms with E-state index < -0.39 is 17.4 Å². The van der Waals surface area contributed by atoms with Crippen LogP contribution in [-0.2, 0) is 9.59 Å². The van der Waals surface area contributed by atoms with Crippen molar-refractivity contribution in [3.05, 3.63) is 28.8 Å². The Balaban J connectivity index is 2.24. The van der Waals surface area contributed by atoms with Crippen molar-refractivity contribution in [2.45, 2.75) is 39.2 Å². The Labute approximate surface area is 117 Å². The Hall–Kier alpha value is -2.04. The highest BCUT2D eigenvalue weighted by Crippen LogP contribution is 2.36. The molecule has 1 atom stereocenters. The van der Waals surface area contributed by atoms with Crippen LogP contribution in [0.15, 0.2) is 12.1 Å². The fourth-order valence-corrected chi connectivity index (χ4v) is 2.14. The maximum atomic E-state index is 12.3. The number of aryl methyl sites for hydroxylation is 2. The summed E-state index contributed by atoms with van der Waals surface area (Å²) in [5.74, 6) is -1.13. The Bertz CT molecular complexity index is 577. The van der Waals surface area contributed by atoms with E-state index in [0.717, 1.165) is 16.7 Å². The quantitative estimate of drug-likeness (QED) is 0.882. The van der Waals surface area contributed by atoms with Gasteiger partial charge in [-0.1, -0.05) is 6.07 Å². The normalized spacial score (nSPS) is 17.3. The van der Waals surface area contributed by atoms with E-state index in [4.69, 9.17) is 9.84 Å². The number of aliphatic carboxylic acids is 1. The molecule has 0 saturated carbocycles. The largest absolute Gasteiger partial charge is 0.492 e. The van der Waals surface area contributed by atoms with Gasteiger partial charge in [0.05, 0.1) is 0 Å². The minimum absolute atomic E-state index is 0.250. The van der Waals surface area contributed by atoms with Gasteiger partial charge in [-0.05, 0) is 44.9 Å². The molecule has 0 saturated heterocycles. The van der Waals surface area contributed by atoms with E-state index in [-0.39, 0.29) is 12.5 Å². The van der Waals surface area contributed by atoms with E-state index in [0.29, 0.717) is 5.75 Å². The van der Waals surface area contributed by atoms with Gasteiger partial charge in [0.1, 0.15) is 23.8 Å². The molecular weight excluding hydrogens is 258 g/mol.